The van der Waals surface area contributed by atoms with Crippen molar-refractivity contribution in [3.8, 4) is 0 Å². The predicted molar refractivity (Wildman–Crippen MR) is 59.5 cm³/mol. The number of hydrogen-bond acceptors (Lipinski definition) is 2. The molecule has 1 aromatic heterocycles. The van der Waals surface area contributed by atoms with Crippen molar-refractivity contribution in [2.75, 3.05) is 5.73 Å². The zero-order valence-electron chi connectivity index (χ0n) is 8.85. The van der Waals surface area contributed by atoms with Crippen molar-refractivity contribution in [3.63, 3.8) is 0 Å². The molecule has 2 rings (SSSR count). The van der Waals surface area contributed by atoms with Crippen LogP contribution in [0.15, 0.2) is 16.5 Å². The molecule has 2 aromatic rings. The van der Waals surface area contributed by atoms with Gasteiger partial charge in [0.1, 0.15) is 11.3 Å². The molecule has 0 fully saturated rings. The van der Waals surface area contributed by atoms with Crippen LogP contribution in [0.25, 0.3) is 11.0 Å². The van der Waals surface area contributed by atoms with Crippen molar-refractivity contribution < 1.29 is 4.42 Å². The lowest BCUT2D eigenvalue weighted by Gasteiger charge is -1.97. The fourth-order valence-electron chi connectivity index (χ4n) is 1.88. The lowest BCUT2D eigenvalue weighted by atomic mass is 10.1. The first-order chi connectivity index (χ1) is 6.63. The van der Waals surface area contributed by atoms with E-state index in [0.29, 0.717) is 0 Å². The summed E-state index contributed by atoms with van der Waals surface area (Å²) in [5.41, 5.74) is 10.1. The third-order valence-corrected chi connectivity index (χ3v) is 2.56. The van der Waals surface area contributed by atoms with E-state index in [1.807, 2.05) is 0 Å². The van der Waals surface area contributed by atoms with Crippen LogP contribution in [-0.2, 0) is 6.42 Å². The third-order valence-electron chi connectivity index (χ3n) is 2.56. The number of nitrogen functional groups attached to an aromatic ring is 1. The predicted octanol–water partition coefficient (Wildman–Crippen LogP) is 3.19. The summed E-state index contributed by atoms with van der Waals surface area (Å²) >= 11 is 0. The Labute approximate surface area is 83.7 Å². The standard InChI is InChI=1S/C12H15NO/c1-4-10-11(13)9-6-7(2)5-8(3)12(9)14-10/h5-6H,4,13H2,1-3H3. The van der Waals surface area contributed by atoms with E-state index in [4.69, 9.17) is 10.2 Å². The number of fused-ring (bicyclic) bond motifs is 1. The van der Waals surface area contributed by atoms with Gasteiger partial charge in [-0.2, -0.15) is 0 Å². The summed E-state index contributed by atoms with van der Waals surface area (Å²) in [6.07, 6.45) is 0.846. The van der Waals surface area contributed by atoms with Crippen LogP contribution in [0.1, 0.15) is 23.8 Å². The summed E-state index contributed by atoms with van der Waals surface area (Å²) in [6, 6.07) is 4.20. The molecule has 14 heavy (non-hydrogen) atoms. The quantitative estimate of drug-likeness (QED) is 0.748. The maximum atomic E-state index is 5.99. The van der Waals surface area contributed by atoms with Crippen LogP contribution < -0.4 is 5.73 Å². The van der Waals surface area contributed by atoms with E-state index in [-0.39, 0.29) is 0 Å². The molecule has 0 amide bonds. The van der Waals surface area contributed by atoms with Crippen LogP contribution in [0.5, 0.6) is 0 Å². The van der Waals surface area contributed by atoms with Crippen molar-refractivity contribution in [2.45, 2.75) is 27.2 Å². The van der Waals surface area contributed by atoms with E-state index in [9.17, 15) is 0 Å². The Balaban J connectivity index is 2.85. The molecule has 1 aromatic carbocycles. The van der Waals surface area contributed by atoms with E-state index in [1.165, 1.54) is 5.56 Å². The largest absolute Gasteiger partial charge is 0.459 e. The number of aryl methyl sites for hydroxylation is 3. The van der Waals surface area contributed by atoms with Gasteiger partial charge < -0.3 is 10.2 Å². The average Bonchev–Trinajstić information content (AvgIpc) is 2.44. The first kappa shape index (κ1) is 9.13. The first-order valence-electron chi connectivity index (χ1n) is 4.91. The molecule has 2 N–H and O–H groups in total. The van der Waals surface area contributed by atoms with Crippen LogP contribution in [0.2, 0.25) is 0 Å². The number of benzene rings is 1. The minimum atomic E-state index is 0.800. The molecule has 0 unspecified atom stereocenters. The highest BCUT2D eigenvalue weighted by molar-refractivity contribution is 5.93. The molecule has 0 aliphatic heterocycles. The fraction of sp³-hybridized carbons (Fsp3) is 0.333. The van der Waals surface area contributed by atoms with Crippen LogP contribution >= 0.6 is 0 Å². The maximum Gasteiger partial charge on any atom is 0.139 e. The second-order valence-electron chi connectivity index (χ2n) is 3.75. The van der Waals surface area contributed by atoms with Gasteiger partial charge in [0.15, 0.2) is 0 Å². The summed E-state index contributed by atoms with van der Waals surface area (Å²) in [4.78, 5) is 0. The zero-order chi connectivity index (χ0) is 10.3. The number of rotatable bonds is 1. The molecule has 0 aliphatic rings. The lowest BCUT2D eigenvalue weighted by Crippen LogP contribution is -1.87. The Morgan fingerprint density at radius 1 is 1.29 bits per heavy atom. The summed E-state index contributed by atoms with van der Waals surface area (Å²) in [7, 11) is 0. The van der Waals surface area contributed by atoms with Gasteiger partial charge in [0, 0.05) is 11.8 Å². The smallest absolute Gasteiger partial charge is 0.139 e. The molecule has 1 heterocycles. The molecular formula is C12H15NO. The minimum absolute atomic E-state index is 0.800. The van der Waals surface area contributed by atoms with E-state index in [1.54, 1.807) is 0 Å². The van der Waals surface area contributed by atoms with Gasteiger partial charge in [-0.05, 0) is 31.0 Å². The Morgan fingerprint density at radius 2 is 2.00 bits per heavy atom. The van der Waals surface area contributed by atoms with Crippen molar-refractivity contribution in [1.29, 1.82) is 0 Å². The SMILES string of the molecule is CCc1oc2c(C)cc(C)cc2c1N. The molecular weight excluding hydrogens is 174 g/mol. The number of furan rings is 1. The van der Waals surface area contributed by atoms with Gasteiger partial charge in [0.05, 0.1) is 5.69 Å². The molecule has 2 nitrogen and oxygen atoms in total. The van der Waals surface area contributed by atoms with Gasteiger partial charge in [-0.1, -0.05) is 13.0 Å². The topological polar surface area (TPSA) is 39.2 Å². The van der Waals surface area contributed by atoms with E-state index in [0.717, 1.165) is 34.4 Å². The second kappa shape index (κ2) is 3.05. The van der Waals surface area contributed by atoms with Crippen LogP contribution in [-0.4, -0.2) is 0 Å². The molecule has 0 atom stereocenters. The molecule has 0 saturated carbocycles. The lowest BCUT2D eigenvalue weighted by molar-refractivity contribution is 0.557. The average molecular weight is 189 g/mol. The summed E-state index contributed by atoms with van der Waals surface area (Å²) < 4.78 is 5.71. The maximum absolute atomic E-state index is 5.99. The second-order valence-corrected chi connectivity index (χ2v) is 3.75. The highest BCUT2D eigenvalue weighted by Gasteiger charge is 2.11. The Hall–Kier alpha value is -1.44. The van der Waals surface area contributed by atoms with Crippen molar-refractivity contribution in [1.82, 2.24) is 0 Å². The number of anilines is 1. The van der Waals surface area contributed by atoms with Crippen LogP contribution in [0.4, 0.5) is 5.69 Å². The summed E-state index contributed by atoms with van der Waals surface area (Å²) in [6.45, 7) is 6.18. The Kier molecular flexibility index (Phi) is 1.99. The van der Waals surface area contributed by atoms with Gasteiger partial charge in [-0.15, -0.1) is 0 Å². The molecule has 74 valence electrons. The molecule has 0 spiro atoms. The van der Waals surface area contributed by atoms with E-state index < -0.39 is 0 Å². The van der Waals surface area contributed by atoms with Gasteiger partial charge >= 0.3 is 0 Å². The highest BCUT2D eigenvalue weighted by atomic mass is 16.3. The van der Waals surface area contributed by atoms with E-state index in [2.05, 4.69) is 32.9 Å². The van der Waals surface area contributed by atoms with Crippen molar-refractivity contribution in [3.05, 3.63) is 29.0 Å². The van der Waals surface area contributed by atoms with Gasteiger partial charge in [-0.25, -0.2) is 0 Å². The van der Waals surface area contributed by atoms with Gasteiger partial charge in [-0.3, -0.25) is 0 Å². The van der Waals surface area contributed by atoms with Crippen LogP contribution in [0, 0.1) is 13.8 Å². The van der Waals surface area contributed by atoms with Crippen molar-refractivity contribution in [2.24, 2.45) is 0 Å². The van der Waals surface area contributed by atoms with E-state index >= 15 is 0 Å². The minimum Gasteiger partial charge on any atom is -0.459 e. The monoisotopic (exact) mass is 189 g/mol. The van der Waals surface area contributed by atoms with Crippen LogP contribution in [0.3, 0.4) is 0 Å². The number of hydrogen-bond donors (Lipinski definition) is 1. The number of nitrogens with two attached hydrogens (primary N) is 1. The molecule has 0 radical (unpaired) electrons. The Morgan fingerprint density at radius 3 is 2.64 bits per heavy atom. The Bertz CT molecular complexity index is 483. The molecule has 2 heteroatoms. The summed E-state index contributed by atoms with van der Waals surface area (Å²) in [5, 5.41) is 1.05. The molecule has 0 saturated heterocycles. The fourth-order valence-corrected chi connectivity index (χ4v) is 1.88. The van der Waals surface area contributed by atoms with Crippen molar-refractivity contribution >= 4 is 16.7 Å². The summed E-state index contributed by atoms with van der Waals surface area (Å²) in [5.74, 6) is 0.897. The molecule has 0 bridgehead atoms. The molecule has 0 aliphatic carbocycles. The zero-order valence-corrected chi connectivity index (χ0v) is 8.85. The first-order valence-corrected chi connectivity index (χ1v) is 4.91. The highest BCUT2D eigenvalue weighted by Crippen LogP contribution is 2.31. The normalized spacial score (nSPS) is 11.1. The third kappa shape index (κ3) is 1.18. The van der Waals surface area contributed by atoms with Gasteiger partial charge in [0.25, 0.3) is 0 Å². The van der Waals surface area contributed by atoms with Gasteiger partial charge in [0.2, 0.25) is 0 Å².